The van der Waals surface area contributed by atoms with Gasteiger partial charge < -0.3 is 19.1 Å². The number of thiophene rings is 1. The molecule has 5 rings (SSSR count). The number of aliphatic hydroxyl groups excluding tert-OH is 1. The fourth-order valence-corrected chi connectivity index (χ4v) is 5.90. The number of nitrogens with zero attached hydrogens (tertiary/aromatic N) is 1. The Morgan fingerprint density at radius 3 is 2.75 bits per heavy atom. The van der Waals surface area contributed by atoms with Crippen LogP contribution in [0.5, 0.6) is 5.75 Å². The number of pyridine rings is 1. The maximum atomic E-state index is 13.2. The molecule has 1 N–H and O–H groups in total. The van der Waals surface area contributed by atoms with Crippen molar-refractivity contribution in [2.45, 2.75) is 51.7 Å². The van der Waals surface area contributed by atoms with Crippen molar-refractivity contribution in [3.05, 3.63) is 50.6 Å². The van der Waals surface area contributed by atoms with Crippen molar-refractivity contribution in [2.24, 2.45) is 5.92 Å². The van der Waals surface area contributed by atoms with E-state index in [9.17, 15) is 14.7 Å². The van der Waals surface area contributed by atoms with Gasteiger partial charge >= 0.3 is 5.97 Å². The molecular formula is C25H27NO5S. The molecule has 0 saturated heterocycles. The molecule has 0 amide bonds. The Balaban J connectivity index is 1.73. The number of benzene rings is 1. The van der Waals surface area contributed by atoms with Crippen molar-refractivity contribution in [1.29, 1.82) is 0 Å². The molecule has 0 bridgehead atoms. The van der Waals surface area contributed by atoms with E-state index in [0.717, 1.165) is 41.7 Å². The predicted octanol–water partition coefficient (Wildman–Crippen LogP) is 4.87. The number of carbonyl (C=O) groups excluding carboxylic acids is 1. The molecule has 0 radical (unpaired) electrons. The van der Waals surface area contributed by atoms with Crippen LogP contribution < -0.4 is 10.2 Å². The Hall–Kier alpha value is -2.64. The van der Waals surface area contributed by atoms with Gasteiger partial charge in [-0.25, -0.2) is 4.79 Å². The zero-order chi connectivity index (χ0) is 22.6. The van der Waals surface area contributed by atoms with Gasteiger partial charge in [-0.15, -0.1) is 11.3 Å². The summed E-state index contributed by atoms with van der Waals surface area (Å²) in [6.45, 7) is 4.03. The summed E-state index contributed by atoms with van der Waals surface area (Å²) in [6, 6.07) is 5.97. The Morgan fingerprint density at radius 1 is 1.28 bits per heavy atom. The molecule has 2 heterocycles. The Morgan fingerprint density at radius 2 is 2.06 bits per heavy atom. The van der Waals surface area contributed by atoms with Crippen molar-refractivity contribution in [1.82, 2.24) is 4.57 Å². The molecule has 2 unspecified atom stereocenters. The molecule has 2 atom stereocenters. The van der Waals surface area contributed by atoms with Crippen LogP contribution in [0, 0.1) is 5.92 Å². The van der Waals surface area contributed by atoms with Crippen LogP contribution in [0.25, 0.3) is 21.3 Å². The smallest absolute Gasteiger partial charge is 0.343 e. The van der Waals surface area contributed by atoms with E-state index in [1.54, 1.807) is 37.6 Å². The fourth-order valence-electron chi connectivity index (χ4n) is 4.66. The summed E-state index contributed by atoms with van der Waals surface area (Å²) in [5, 5.41) is 11.1. The van der Waals surface area contributed by atoms with Gasteiger partial charge in [-0.2, -0.15) is 0 Å². The summed E-state index contributed by atoms with van der Waals surface area (Å²) in [4.78, 5) is 27.9. The summed E-state index contributed by atoms with van der Waals surface area (Å²) in [5.41, 5.74) is 2.34. The van der Waals surface area contributed by atoms with Crippen LogP contribution in [0.1, 0.15) is 66.1 Å². The van der Waals surface area contributed by atoms with Gasteiger partial charge in [0.25, 0.3) is 0 Å². The van der Waals surface area contributed by atoms with Crippen molar-refractivity contribution in [3.8, 4) is 16.2 Å². The van der Waals surface area contributed by atoms with E-state index < -0.39 is 12.1 Å². The molecule has 168 valence electrons. The standard InChI is InChI=1S/C25H27NO5S/c1-4-31-25(29)18-12-26(14-6-7-14)21-16(23(18)28)9-8-15(24(21)30-3)20-11-17-19(32-20)10-5-13(2)22(17)27/h8-9,11-14,22,27H,4-7,10H2,1-3H3. The average molecular weight is 454 g/mol. The predicted molar refractivity (Wildman–Crippen MR) is 125 cm³/mol. The highest BCUT2D eigenvalue weighted by Gasteiger charge is 2.31. The van der Waals surface area contributed by atoms with Crippen LogP contribution >= 0.6 is 11.3 Å². The highest BCUT2D eigenvalue weighted by Crippen LogP contribution is 2.47. The quantitative estimate of drug-likeness (QED) is 0.558. The summed E-state index contributed by atoms with van der Waals surface area (Å²) < 4.78 is 13.0. The second kappa shape index (κ2) is 8.05. The number of esters is 1. The van der Waals surface area contributed by atoms with Crippen LogP contribution in [0.2, 0.25) is 0 Å². The lowest BCUT2D eigenvalue weighted by Gasteiger charge is -2.24. The molecule has 1 aromatic carbocycles. The van der Waals surface area contributed by atoms with Crippen molar-refractivity contribution in [2.75, 3.05) is 13.7 Å². The van der Waals surface area contributed by atoms with Crippen molar-refractivity contribution >= 4 is 28.2 Å². The van der Waals surface area contributed by atoms with Crippen LogP contribution in [0.3, 0.4) is 0 Å². The number of aryl methyl sites for hydroxylation is 1. The van der Waals surface area contributed by atoms with Crippen LogP contribution in [-0.2, 0) is 11.2 Å². The largest absolute Gasteiger partial charge is 0.494 e. The third-order valence-corrected chi connectivity index (χ3v) is 7.82. The lowest BCUT2D eigenvalue weighted by Crippen LogP contribution is -2.21. The number of carbonyl (C=O) groups is 1. The molecule has 0 spiro atoms. The molecule has 7 heteroatoms. The van der Waals surface area contributed by atoms with Gasteiger partial charge in [-0.05, 0) is 62.3 Å². The maximum absolute atomic E-state index is 13.2. The normalized spacial score (nSPS) is 20.2. The number of aliphatic hydroxyl groups is 1. The minimum atomic E-state index is -0.592. The van der Waals surface area contributed by atoms with Crippen molar-refractivity contribution in [3.63, 3.8) is 0 Å². The van der Waals surface area contributed by atoms with Crippen LogP contribution in [-0.4, -0.2) is 29.4 Å². The first kappa shape index (κ1) is 21.2. The zero-order valence-electron chi connectivity index (χ0n) is 18.5. The minimum absolute atomic E-state index is 0.0600. The first-order valence-corrected chi connectivity index (χ1v) is 12.0. The number of methoxy groups -OCH3 is 1. The first-order chi connectivity index (χ1) is 15.4. The van der Waals surface area contributed by atoms with E-state index >= 15 is 0 Å². The average Bonchev–Trinajstić information content (AvgIpc) is 3.54. The molecule has 2 aliphatic carbocycles. The summed E-state index contributed by atoms with van der Waals surface area (Å²) >= 11 is 1.68. The molecule has 3 aromatic rings. The fraction of sp³-hybridized carbons (Fsp3) is 0.440. The SMILES string of the molecule is CCOC(=O)c1cn(C2CC2)c2c(OC)c(-c3cc4c(s3)CCC(C)C4O)ccc2c1=O. The van der Waals surface area contributed by atoms with Crippen LogP contribution in [0.15, 0.2) is 29.2 Å². The molecule has 1 saturated carbocycles. The zero-order valence-corrected chi connectivity index (χ0v) is 19.3. The molecule has 32 heavy (non-hydrogen) atoms. The number of aromatic nitrogens is 1. The van der Waals surface area contributed by atoms with E-state index in [2.05, 4.69) is 13.0 Å². The van der Waals surface area contributed by atoms with Gasteiger partial charge in [0.05, 0.1) is 30.7 Å². The molecule has 1 fully saturated rings. The van der Waals surface area contributed by atoms with Crippen molar-refractivity contribution < 1.29 is 19.4 Å². The summed E-state index contributed by atoms with van der Waals surface area (Å²) in [5.74, 6) is 0.277. The first-order valence-electron chi connectivity index (χ1n) is 11.2. The molecule has 2 aromatic heterocycles. The molecule has 6 nitrogen and oxygen atoms in total. The number of hydrogen-bond acceptors (Lipinski definition) is 6. The number of ether oxygens (including phenoxy) is 2. The lowest BCUT2D eigenvalue weighted by atomic mass is 9.87. The van der Waals surface area contributed by atoms with Gasteiger partial charge in [0, 0.05) is 27.6 Å². The van der Waals surface area contributed by atoms with Crippen LogP contribution in [0.4, 0.5) is 0 Å². The van der Waals surface area contributed by atoms with Gasteiger partial charge in [-0.3, -0.25) is 4.79 Å². The third-order valence-electron chi connectivity index (χ3n) is 6.58. The number of rotatable bonds is 5. The third kappa shape index (κ3) is 3.35. The monoisotopic (exact) mass is 453 g/mol. The number of fused-ring (bicyclic) bond motifs is 2. The van der Waals surface area contributed by atoms with Gasteiger partial charge in [0.1, 0.15) is 5.56 Å². The van der Waals surface area contributed by atoms with Gasteiger partial charge in [0.2, 0.25) is 5.43 Å². The van der Waals surface area contributed by atoms with E-state index in [0.29, 0.717) is 16.7 Å². The lowest BCUT2D eigenvalue weighted by molar-refractivity contribution is 0.0524. The maximum Gasteiger partial charge on any atom is 0.343 e. The molecular weight excluding hydrogens is 426 g/mol. The summed E-state index contributed by atoms with van der Waals surface area (Å²) in [7, 11) is 1.61. The second-order valence-corrected chi connectivity index (χ2v) is 9.86. The minimum Gasteiger partial charge on any atom is -0.494 e. The molecule has 0 aliphatic heterocycles. The van der Waals surface area contributed by atoms with E-state index in [1.807, 2.05) is 10.6 Å². The van der Waals surface area contributed by atoms with E-state index in [1.165, 1.54) is 4.88 Å². The van der Waals surface area contributed by atoms with Gasteiger partial charge in [-0.1, -0.05) is 6.92 Å². The highest BCUT2D eigenvalue weighted by molar-refractivity contribution is 7.15. The topological polar surface area (TPSA) is 77.8 Å². The summed E-state index contributed by atoms with van der Waals surface area (Å²) in [6.07, 6.45) is 5.10. The second-order valence-electron chi connectivity index (χ2n) is 8.72. The van der Waals surface area contributed by atoms with E-state index in [4.69, 9.17) is 9.47 Å². The highest BCUT2D eigenvalue weighted by atomic mass is 32.1. The Kier molecular flexibility index (Phi) is 5.34. The van der Waals surface area contributed by atoms with Gasteiger partial charge in [0.15, 0.2) is 5.75 Å². The number of hydrogen-bond donors (Lipinski definition) is 1. The molecule has 2 aliphatic rings. The van der Waals surface area contributed by atoms with E-state index in [-0.39, 0.29) is 29.6 Å². The Labute approximate surface area is 190 Å². The Bertz CT molecular complexity index is 1270.